The van der Waals surface area contributed by atoms with Crippen LogP contribution in [0, 0.1) is 11.8 Å². The lowest BCUT2D eigenvalue weighted by atomic mass is 10.1. The Kier molecular flexibility index (Phi) is 2.44. The Labute approximate surface area is 68.3 Å². The maximum atomic E-state index is 5.29. The van der Waals surface area contributed by atoms with E-state index in [2.05, 4.69) is 5.32 Å². The van der Waals surface area contributed by atoms with Crippen LogP contribution in [0.15, 0.2) is 0 Å². The Morgan fingerprint density at radius 3 is 2.55 bits per heavy atom. The van der Waals surface area contributed by atoms with Crippen LogP contribution < -0.4 is 5.32 Å². The van der Waals surface area contributed by atoms with E-state index in [1.807, 2.05) is 0 Å². The van der Waals surface area contributed by atoms with Gasteiger partial charge in [-0.05, 0) is 37.6 Å². The largest absolute Gasteiger partial charge is 0.381 e. The molecule has 0 amide bonds. The molecule has 0 aromatic carbocycles. The minimum Gasteiger partial charge on any atom is -0.381 e. The van der Waals surface area contributed by atoms with E-state index in [4.69, 9.17) is 4.74 Å². The standard InChI is InChI=1S/C9H17NO/c1-2-8(1)5-10-6-9-3-4-11-7-9/h8-10H,1-7H2/t9-/m0/s1. The fourth-order valence-electron chi connectivity index (χ4n) is 1.56. The predicted octanol–water partition coefficient (Wildman–Crippen LogP) is 1.02. The van der Waals surface area contributed by atoms with Crippen molar-refractivity contribution in [3.05, 3.63) is 0 Å². The van der Waals surface area contributed by atoms with Crippen LogP contribution in [0.5, 0.6) is 0 Å². The van der Waals surface area contributed by atoms with E-state index >= 15 is 0 Å². The second kappa shape index (κ2) is 3.55. The first-order chi connectivity index (χ1) is 5.45. The zero-order chi connectivity index (χ0) is 7.52. The highest BCUT2D eigenvalue weighted by Crippen LogP contribution is 2.27. The second-order valence-corrected chi connectivity index (χ2v) is 3.83. The Morgan fingerprint density at radius 2 is 1.91 bits per heavy atom. The summed E-state index contributed by atoms with van der Waals surface area (Å²) in [5, 5.41) is 3.51. The van der Waals surface area contributed by atoms with E-state index in [9.17, 15) is 0 Å². The van der Waals surface area contributed by atoms with Crippen molar-refractivity contribution >= 4 is 0 Å². The fourth-order valence-corrected chi connectivity index (χ4v) is 1.56. The first kappa shape index (κ1) is 7.56. The Hall–Kier alpha value is -0.0800. The molecule has 64 valence electrons. The van der Waals surface area contributed by atoms with Crippen molar-refractivity contribution in [1.82, 2.24) is 5.32 Å². The normalized spacial score (nSPS) is 31.1. The Balaban J connectivity index is 1.51. The van der Waals surface area contributed by atoms with Gasteiger partial charge in [-0.3, -0.25) is 0 Å². The second-order valence-electron chi connectivity index (χ2n) is 3.83. The van der Waals surface area contributed by atoms with Gasteiger partial charge < -0.3 is 10.1 Å². The lowest BCUT2D eigenvalue weighted by Gasteiger charge is -2.07. The van der Waals surface area contributed by atoms with E-state index < -0.39 is 0 Å². The molecule has 0 bridgehead atoms. The van der Waals surface area contributed by atoms with Gasteiger partial charge in [-0.1, -0.05) is 0 Å². The summed E-state index contributed by atoms with van der Waals surface area (Å²) in [6, 6.07) is 0. The molecule has 1 aliphatic heterocycles. The molecule has 1 saturated carbocycles. The molecule has 2 aliphatic rings. The molecule has 1 atom stereocenters. The van der Waals surface area contributed by atoms with Gasteiger partial charge in [0.25, 0.3) is 0 Å². The van der Waals surface area contributed by atoms with Gasteiger partial charge in [-0.15, -0.1) is 0 Å². The highest BCUT2D eigenvalue weighted by molar-refractivity contribution is 4.76. The summed E-state index contributed by atoms with van der Waals surface area (Å²) in [6.07, 6.45) is 4.17. The van der Waals surface area contributed by atoms with Crippen molar-refractivity contribution in [1.29, 1.82) is 0 Å². The van der Waals surface area contributed by atoms with E-state index in [0.29, 0.717) is 0 Å². The summed E-state index contributed by atoms with van der Waals surface area (Å²) >= 11 is 0. The molecule has 0 aromatic heterocycles. The molecular formula is C9H17NO. The number of hydrogen-bond donors (Lipinski definition) is 1. The van der Waals surface area contributed by atoms with Crippen LogP contribution in [-0.2, 0) is 4.74 Å². The third-order valence-electron chi connectivity index (χ3n) is 2.59. The van der Waals surface area contributed by atoms with Crippen molar-refractivity contribution in [3.8, 4) is 0 Å². The molecule has 0 unspecified atom stereocenters. The van der Waals surface area contributed by atoms with Crippen LogP contribution in [0.3, 0.4) is 0 Å². The van der Waals surface area contributed by atoms with Crippen molar-refractivity contribution in [3.63, 3.8) is 0 Å². The molecule has 1 heterocycles. The minimum absolute atomic E-state index is 0.800. The lowest BCUT2D eigenvalue weighted by molar-refractivity contribution is 0.185. The molecule has 0 aromatic rings. The van der Waals surface area contributed by atoms with Gasteiger partial charge in [0, 0.05) is 13.2 Å². The lowest BCUT2D eigenvalue weighted by Crippen LogP contribution is -2.24. The van der Waals surface area contributed by atoms with Crippen molar-refractivity contribution in [2.24, 2.45) is 11.8 Å². The highest BCUT2D eigenvalue weighted by atomic mass is 16.5. The molecule has 2 heteroatoms. The smallest absolute Gasteiger partial charge is 0.0507 e. The number of nitrogens with one attached hydrogen (secondary N) is 1. The summed E-state index contributed by atoms with van der Waals surface area (Å²) < 4.78 is 5.29. The number of hydrogen-bond acceptors (Lipinski definition) is 2. The van der Waals surface area contributed by atoms with E-state index in [-0.39, 0.29) is 0 Å². The van der Waals surface area contributed by atoms with Crippen molar-refractivity contribution < 1.29 is 4.74 Å². The van der Waals surface area contributed by atoms with Crippen LogP contribution >= 0.6 is 0 Å². The van der Waals surface area contributed by atoms with Crippen LogP contribution in [0.1, 0.15) is 19.3 Å². The monoisotopic (exact) mass is 155 g/mol. The molecule has 0 radical (unpaired) electrons. The van der Waals surface area contributed by atoms with Gasteiger partial charge in [-0.25, -0.2) is 0 Å². The summed E-state index contributed by atoms with van der Waals surface area (Å²) in [5.74, 6) is 1.81. The molecule has 2 nitrogen and oxygen atoms in total. The van der Waals surface area contributed by atoms with Gasteiger partial charge >= 0.3 is 0 Å². The van der Waals surface area contributed by atoms with Crippen LogP contribution in [0.2, 0.25) is 0 Å². The summed E-state index contributed by atoms with van der Waals surface area (Å²) in [5.41, 5.74) is 0. The van der Waals surface area contributed by atoms with Gasteiger partial charge in [-0.2, -0.15) is 0 Å². The predicted molar refractivity (Wildman–Crippen MR) is 44.5 cm³/mol. The molecule has 2 rings (SSSR count). The third kappa shape index (κ3) is 2.46. The van der Waals surface area contributed by atoms with Gasteiger partial charge in [0.05, 0.1) is 6.61 Å². The molecule has 1 saturated heterocycles. The maximum Gasteiger partial charge on any atom is 0.0507 e. The number of rotatable bonds is 4. The minimum atomic E-state index is 0.800. The molecule has 2 fully saturated rings. The third-order valence-corrected chi connectivity index (χ3v) is 2.59. The van der Waals surface area contributed by atoms with Crippen LogP contribution in [-0.4, -0.2) is 26.3 Å². The molecule has 1 aliphatic carbocycles. The zero-order valence-electron chi connectivity index (χ0n) is 7.01. The summed E-state index contributed by atoms with van der Waals surface area (Å²) in [6.45, 7) is 4.39. The van der Waals surface area contributed by atoms with Crippen LogP contribution in [0.25, 0.3) is 0 Å². The van der Waals surface area contributed by atoms with Gasteiger partial charge in [0.2, 0.25) is 0 Å². The molecule has 1 N–H and O–H groups in total. The SMILES string of the molecule is C1C[C@@H](CNCC2CC2)CO1. The molecule has 0 spiro atoms. The maximum absolute atomic E-state index is 5.29. The van der Waals surface area contributed by atoms with Crippen LogP contribution in [0.4, 0.5) is 0 Å². The van der Waals surface area contributed by atoms with Gasteiger partial charge in [0.1, 0.15) is 0 Å². The highest BCUT2D eigenvalue weighted by Gasteiger charge is 2.21. The molecule has 11 heavy (non-hydrogen) atoms. The Bertz CT molecular complexity index is 117. The van der Waals surface area contributed by atoms with Crippen molar-refractivity contribution in [2.45, 2.75) is 19.3 Å². The van der Waals surface area contributed by atoms with E-state index in [1.54, 1.807) is 0 Å². The van der Waals surface area contributed by atoms with E-state index in [0.717, 1.165) is 25.0 Å². The molecular weight excluding hydrogens is 138 g/mol. The van der Waals surface area contributed by atoms with Gasteiger partial charge in [0.15, 0.2) is 0 Å². The average molecular weight is 155 g/mol. The van der Waals surface area contributed by atoms with Crippen molar-refractivity contribution in [2.75, 3.05) is 26.3 Å². The summed E-state index contributed by atoms with van der Waals surface area (Å²) in [7, 11) is 0. The average Bonchev–Trinajstić information content (AvgIpc) is 2.66. The fraction of sp³-hybridized carbons (Fsp3) is 1.00. The Morgan fingerprint density at radius 1 is 1.09 bits per heavy atom. The summed E-state index contributed by atoms with van der Waals surface area (Å²) in [4.78, 5) is 0. The first-order valence-electron chi connectivity index (χ1n) is 4.73. The van der Waals surface area contributed by atoms with E-state index in [1.165, 1.54) is 32.4 Å². The quantitative estimate of drug-likeness (QED) is 0.654. The number of ether oxygens (including phenoxy) is 1. The zero-order valence-corrected chi connectivity index (χ0v) is 7.01. The topological polar surface area (TPSA) is 21.3 Å². The first-order valence-corrected chi connectivity index (χ1v) is 4.73.